The molecule has 1 amide bonds. The van der Waals surface area contributed by atoms with Gasteiger partial charge >= 0.3 is 5.97 Å². The normalized spacial score (nSPS) is 18.1. The van der Waals surface area contributed by atoms with Gasteiger partial charge in [0, 0.05) is 13.0 Å². The summed E-state index contributed by atoms with van der Waals surface area (Å²) in [6, 6.07) is 0. The van der Waals surface area contributed by atoms with Gasteiger partial charge < -0.3 is 10.1 Å². The van der Waals surface area contributed by atoms with Crippen molar-refractivity contribution >= 4 is 46.7 Å². The molecule has 0 aromatic carbocycles. The van der Waals surface area contributed by atoms with Gasteiger partial charge in [-0.3, -0.25) is 9.59 Å². The Morgan fingerprint density at radius 3 is 3.00 bits per heavy atom. The Kier molecular flexibility index (Phi) is 6.11. The summed E-state index contributed by atoms with van der Waals surface area (Å²) in [6.07, 6.45) is 1.64. The number of amides is 1. The van der Waals surface area contributed by atoms with Crippen LogP contribution < -0.4 is 5.32 Å². The van der Waals surface area contributed by atoms with Gasteiger partial charge in [-0.1, -0.05) is 41.8 Å². The maximum atomic E-state index is 11.5. The third-order valence-electron chi connectivity index (χ3n) is 2.42. The number of hydrogen-bond donors (Lipinski definition) is 1. The average Bonchev–Trinajstić information content (AvgIpc) is 3.05. The first kappa shape index (κ1) is 15.6. The highest BCUT2D eigenvalue weighted by Gasteiger charge is 2.28. The molecule has 9 heteroatoms. The molecule has 110 valence electrons. The average molecular weight is 333 g/mol. The van der Waals surface area contributed by atoms with Crippen LogP contribution in [-0.2, 0) is 14.3 Å². The summed E-state index contributed by atoms with van der Waals surface area (Å²) in [5, 5.41) is 10.7. The maximum absolute atomic E-state index is 11.5. The molecule has 0 radical (unpaired) electrons. The number of hydrogen-bond acceptors (Lipinski definition) is 8. The molecule has 6 nitrogen and oxygen atoms in total. The highest BCUT2D eigenvalue weighted by atomic mass is 32.2. The number of carbonyl (C=O) groups is 2. The van der Waals surface area contributed by atoms with Crippen molar-refractivity contribution < 1.29 is 14.3 Å². The summed E-state index contributed by atoms with van der Waals surface area (Å²) in [5.41, 5.74) is 0. The number of thioether (sulfide) groups is 2. The van der Waals surface area contributed by atoms with Crippen LogP contribution in [0.5, 0.6) is 0 Å². The zero-order valence-corrected chi connectivity index (χ0v) is 13.4. The van der Waals surface area contributed by atoms with Crippen molar-refractivity contribution in [3.8, 4) is 0 Å². The fourth-order valence-corrected chi connectivity index (χ4v) is 4.51. The van der Waals surface area contributed by atoms with Gasteiger partial charge in [-0.25, -0.2) is 0 Å². The van der Waals surface area contributed by atoms with Gasteiger partial charge in [0.2, 0.25) is 5.91 Å². The molecule has 1 aromatic rings. The predicted molar refractivity (Wildman–Crippen MR) is 79.2 cm³/mol. The molecule has 1 aliphatic heterocycles. The number of rotatable bonds is 7. The molecule has 1 fully saturated rings. The third kappa shape index (κ3) is 4.64. The number of carbonyl (C=O) groups excluding carboxylic acids is 2. The lowest BCUT2D eigenvalue weighted by Crippen LogP contribution is -2.25. The van der Waals surface area contributed by atoms with Gasteiger partial charge in [0.1, 0.15) is 5.25 Å². The second-order valence-electron chi connectivity index (χ2n) is 4.04. The lowest BCUT2D eigenvalue weighted by atomic mass is 10.4. The molecule has 0 bridgehead atoms. The van der Waals surface area contributed by atoms with Crippen molar-refractivity contribution in [2.24, 2.45) is 0 Å². The van der Waals surface area contributed by atoms with Gasteiger partial charge in [-0.05, 0) is 6.42 Å². The van der Waals surface area contributed by atoms with Crippen LogP contribution in [0.25, 0.3) is 0 Å². The molecule has 2 heterocycles. The summed E-state index contributed by atoms with van der Waals surface area (Å²) in [6.45, 7) is 3.19. The molecule has 20 heavy (non-hydrogen) atoms. The van der Waals surface area contributed by atoms with E-state index in [2.05, 4.69) is 15.5 Å². The lowest BCUT2D eigenvalue weighted by Gasteiger charge is -2.00. The second-order valence-corrected chi connectivity index (χ2v) is 7.69. The van der Waals surface area contributed by atoms with Crippen LogP contribution in [0.4, 0.5) is 0 Å². The number of cyclic esters (lactones) is 1. The van der Waals surface area contributed by atoms with E-state index < -0.39 is 0 Å². The lowest BCUT2D eigenvalue weighted by molar-refractivity contribution is -0.137. The summed E-state index contributed by atoms with van der Waals surface area (Å²) in [7, 11) is 0. The summed E-state index contributed by atoms with van der Waals surface area (Å²) in [5.74, 6) is 0.157. The van der Waals surface area contributed by atoms with Crippen molar-refractivity contribution in [3.05, 3.63) is 0 Å². The standard InChI is InChI=1S/C11H15N3O3S3/c1-2-4-12-8(15)6-18-10-13-14-11(20-10)19-7-3-5-17-9(7)16/h7H,2-6H2,1H3,(H,12,15)/t7-/m0/s1. The van der Waals surface area contributed by atoms with Gasteiger partial charge in [0.25, 0.3) is 0 Å². The first-order valence-corrected chi connectivity index (χ1v) is 8.93. The van der Waals surface area contributed by atoms with E-state index in [0.29, 0.717) is 25.3 Å². The number of aromatic nitrogens is 2. The molecule has 1 N–H and O–H groups in total. The Hall–Kier alpha value is -0.800. The first-order chi connectivity index (χ1) is 9.69. The van der Waals surface area contributed by atoms with E-state index in [1.807, 2.05) is 6.92 Å². The molecule has 0 spiro atoms. The van der Waals surface area contributed by atoms with E-state index in [-0.39, 0.29) is 17.1 Å². The molecular formula is C11H15N3O3S3. The highest BCUT2D eigenvalue weighted by molar-refractivity contribution is 8.04. The van der Waals surface area contributed by atoms with Crippen LogP contribution in [0.2, 0.25) is 0 Å². The molecule has 1 aliphatic rings. The van der Waals surface area contributed by atoms with Crippen LogP contribution in [0.3, 0.4) is 0 Å². The van der Waals surface area contributed by atoms with Crippen LogP contribution in [0, 0.1) is 0 Å². The fourth-order valence-electron chi connectivity index (χ4n) is 1.45. The molecule has 1 aromatic heterocycles. The molecule has 0 saturated carbocycles. The van der Waals surface area contributed by atoms with Gasteiger partial charge in [-0.15, -0.1) is 10.2 Å². The van der Waals surface area contributed by atoms with Gasteiger partial charge in [0.15, 0.2) is 8.68 Å². The minimum absolute atomic E-state index is 0.000578. The van der Waals surface area contributed by atoms with E-state index in [0.717, 1.165) is 15.1 Å². The minimum Gasteiger partial charge on any atom is -0.465 e. The zero-order chi connectivity index (χ0) is 14.4. The highest BCUT2D eigenvalue weighted by Crippen LogP contribution is 2.34. The fraction of sp³-hybridized carbons (Fsp3) is 0.636. The predicted octanol–water partition coefficient (Wildman–Crippen LogP) is 1.56. The molecule has 0 unspecified atom stereocenters. The summed E-state index contributed by atoms with van der Waals surface area (Å²) < 4.78 is 6.38. The molecule has 2 rings (SSSR count). The Labute approximate surface area is 129 Å². The molecule has 1 atom stereocenters. The van der Waals surface area contributed by atoms with Gasteiger partial charge in [0.05, 0.1) is 12.4 Å². The summed E-state index contributed by atoms with van der Waals surface area (Å²) in [4.78, 5) is 22.8. The minimum atomic E-state index is -0.182. The Morgan fingerprint density at radius 1 is 1.50 bits per heavy atom. The SMILES string of the molecule is CCCNC(=O)CSc1nnc(S[C@H]2CCOC2=O)s1. The van der Waals surface area contributed by atoms with Crippen molar-refractivity contribution in [1.82, 2.24) is 15.5 Å². The summed E-state index contributed by atoms with van der Waals surface area (Å²) >= 11 is 4.15. The van der Waals surface area contributed by atoms with E-state index >= 15 is 0 Å². The van der Waals surface area contributed by atoms with Gasteiger partial charge in [-0.2, -0.15) is 0 Å². The Morgan fingerprint density at radius 2 is 2.30 bits per heavy atom. The van der Waals surface area contributed by atoms with E-state index in [4.69, 9.17) is 4.74 Å². The number of nitrogens with zero attached hydrogens (tertiary/aromatic N) is 2. The van der Waals surface area contributed by atoms with Crippen molar-refractivity contribution in [2.45, 2.75) is 33.7 Å². The van der Waals surface area contributed by atoms with Crippen molar-refractivity contribution in [3.63, 3.8) is 0 Å². The van der Waals surface area contributed by atoms with E-state index in [1.54, 1.807) is 0 Å². The Balaban J connectivity index is 1.77. The van der Waals surface area contributed by atoms with Crippen LogP contribution in [-0.4, -0.2) is 46.2 Å². The van der Waals surface area contributed by atoms with Crippen LogP contribution in [0.1, 0.15) is 19.8 Å². The smallest absolute Gasteiger partial charge is 0.319 e. The largest absolute Gasteiger partial charge is 0.465 e. The second kappa shape index (κ2) is 7.84. The monoisotopic (exact) mass is 333 g/mol. The van der Waals surface area contributed by atoms with E-state index in [9.17, 15) is 9.59 Å². The molecular weight excluding hydrogens is 318 g/mol. The Bertz CT molecular complexity index is 480. The number of esters is 1. The topological polar surface area (TPSA) is 81.2 Å². The third-order valence-corrected chi connectivity index (χ3v) is 5.80. The molecule has 0 aliphatic carbocycles. The van der Waals surface area contributed by atoms with Crippen LogP contribution in [0.15, 0.2) is 8.68 Å². The molecule has 1 saturated heterocycles. The van der Waals surface area contributed by atoms with E-state index in [1.165, 1.54) is 34.9 Å². The van der Waals surface area contributed by atoms with Crippen molar-refractivity contribution in [2.75, 3.05) is 18.9 Å². The van der Waals surface area contributed by atoms with Crippen LogP contribution >= 0.6 is 34.9 Å². The number of nitrogens with one attached hydrogen (secondary N) is 1. The number of ether oxygens (including phenoxy) is 1. The zero-order valence-electron chi connectivity index (χ0n) is 11.0. The van der Waals surface area contributed by atoms with Crippen molar-refractivity contribution in [1.29, 1.82) is 0 Å². The quantitative estimate of drug-likeness (QED) is 0.599. The first-order valence-electron chi connectivity index (χ1n) is 6.25. The maximum Gasteiger partial charge on any atom is 0.319 e.